The fourth-order valence-electron chi connectivity index (χ4n) is 1.08. The fourth-order valence-corrected chi connectivity index (χ4v) is 1.90. The molecule has 0 N–H and O–H groups in total. The van der Waals surface area contributed by atoms with Crippen molar-refractivity contribution >= 4 is 12.4 Å². The molecule has 1 aromatic rings. The summed E-state index contributed by atoms with van der Waals surface area (Å²) in [5.41, 5.74) is 1.23. The average Bonchev–Trinajstić information content (AvgIpc) is 2.16. The van der Waals surface area contributed by atoms with E-state index in [0.717, 1.165) is 16.5 Å². The van der Waals surface area contributed by atoms with Gasteiger partial charge in [0, 0.05) is 0 Å². The van der Waals surface area contributed by atoms with Crippen LogP contribution in [0.5, 0.6) is 11.5 Å². The molecular weight excluding hydrogens is 241 g/mol. The Morgan fingerprint density at radius 1 is 1.23 bits per heavy atom. The molecule has 0 aliphatic rings. The molecule has 0 unspecified atom stereocenters. The monoisotopic (exact) mass is 251 g/mol. The summed E-state index contributed by atoms with van der Waals surface area (Å²) in [6.45, 7) is 0. The van der Waals surface area contributed by atoms with Crippen LogP contribution < -0.4 is 9.47 Å². The van der Waals surface area contributed by atoms with Crippen LogP contribution in [0.1, 0.15) is 5.56 Å². The smallest absolute Gasteiger partial charge is 0.147 e. The predicted octanol–water partition coefficient (Wildman–Crippen LogP) is 2.17. The largest absolute Gasteiger partial charge is 0.147 e. The average molecular weight is 253 g/mol. The van der Waals surface area contributed by atoms with E-state index in [4.69, 9.17) is 9.47 Å². The van der Waals surface area contributed by atoms with Crippen molar-refractivity contribution in [2.75, 3.05) is 14.2 Å². The van der Waals surface area contributed by atoms with Gasteiger partial charge in [0.15, 0.2) is 0 Å². The summed E-state index contributed by atoms with van der Waals surface area (Å²) in [4.78, 5) is 0. The van der Waals surface area contributed by atoms with Gasteiger partial charge in [-0.1, -0.05) is 0 Å². The Morgan fingerprint density at radius 2 is 1.92 bits per heavy atom. The molecule has 0 heterocycles. The third kappa shape index (κ3) is 3.17. The van der Waals surface area contributed by atoms with Gasteiger partial charge in [0.2, 0.25) is 0 Å². The third-order valence-corrected chi connectivity index (χ3v) is 2.89. The first-order valence-corrected chi connectivity index (χ1v) is 5.91. The van der Waals surface area contributed by atoms with Crippen LogP contribution in [0.4, 0.5) is 0 Å². The molecule has 0 atom stereocenters. The van der Waals surface area contributed by atoms with Crippen LogP contribution in [-0.4, -0.2) is 14.2 Å². The van der Waals surface area contributed by atoms with Crippen LogP contribution in [0.25, 0.3) is 0 Å². The molecule has 0 saturated carbocycles. The van der Waals surface area contributed by atoms with E-state index >= 15 is 0 Å². The quantitative estimate of drug-likeness (QED) is 0.768. The fraction of sp³-hybridized carbons (Fsp3) is 0.333. The van der Waals surface area contributed by atoms with Crippen molar-refractivity contribution in [3.05, 3.63) is 23.8 Å². The second-order valence-corrected chi connectivity index (χ2v) is 3.48. The molecule has 0 aromatic heterocycles. The zero-order valence-electron chi connectivity index (χ0n) is 7.87. The van der Waals surface area contributed by atoms with E-state index in [2.05, 4.69) is 0 Å². The van der Waals surface area contributed by atoms with Gasteiger partial charge >= 0.3 is 82.3 Å². The summed E-state index contributed by atoms with van der Waals surface area (Å²) in [7, 11) is 3.37. The van der Waals surface area contributed by atoms with Gasteiger partial charge in [0.05, 0.1) is 0 Å². The summed E-state index contributed by atoms with van der Waals surface area (Å²) < 4.78 is 10.3. The Hall–Kier alpha value is -0.267. The number of ether oxygens (including phenoxy) is 2. The van der Waals surface area contributed by atoms with Crippen molar-refractivity contribution < 1.29 is 27.8 Å². The van der Waals surface area contributed by atoms with Crippen LogP contribution in [0.15, 0.2) is 18.2 Å². The van der Waals surface area contributed by atoms with Crippen molar-refractivity contribution in [2.24, 2.45) is 0 Å². The Labute approximate surface area is 94.7 Å². The maximum atomic E-state index is 5.20. The SMILES string of the molecule is COc1ccc(OC)c([CH2][Zn])c1.Cl. The molecule has 0 saturated heterocycles. The Kier molecular flexibility index (Phi) is 6.10. The van der Waals surface area contributed by atoms with Crippen LogP contribution in [-0.2, 0) is 23.3 Å². The van der Waals surface area contributed by atoms with Gasteiger partial charge in [-0.05, 0) is 0 Å². The number of halogens is 1. The van der Waals surface area contributed by atoms with Crippen molar-refractivity contribution in [3.63, 3.8) is 0 Å². The second-order valence-electron chi connectivity index (χ2n) is 2.43. The molecule has 69 valence electrons. The zero-order chi connectivity index (χ0) is 8.97. The van der Waals surface area contributed by atoms with Crippen molar-refractivity contribution in [3.8, 4) is 11.5 Å². The van der Waals surface area contributed by atoms with Gasteiger partial charge < -0.3 is 0 Å². The van der Waals surface area contributed by atoms with E-state index in [1.807, 2.05) is 18.2 Å². The molecule has 0 amide bonds. The molecule has 0 aliphatic carbocycles. The first-order valence-electron chi connectivity index (χ1n) is 3.82. The minimum absolute atomic E-state index is 0. The summed E-state index contributed by atoms with van der Waals surface area (Å²) in [6.07, 6.45) is 0. The number of methoxy groups -OCH3 is 2. The number of hydrogen-bond donors (Lipinski definition) is 0. The third-order valence-electron chi connectivity index (χ3n) is 1.76. The van der Waals surface area contributed by atoms with Crippen molar-refractivity contribution in [1.29, 1.82) is 0 Å². The molecule has 1 rings (SSSR count). The molecule has 0 radical (unpaired) electrons. The normalized spacial score (nSPS) is 8.92. The minimum atomic E-state index is 0. The number of benzene rings is 1. The summed E-state index contributed by atoms with van der Waals surface area (Å²) in [5, 5.41) is 1.08. The summed E-state index contributed by atoms with van der Waals surface area (Å²) >= 11 is 1.24. The van der Waals surface area contributed by atoms with Gasteiger partial charge in [0.25, 0.3) is 0 Å². The number of rotatable bonds is 3. The van der Waals surface area contributed by atoms with Gasteiger partial charge in [-0.15, -0.1) is 12.4 Å². The van der Waals surface area contributed by atoms with E-state index in [1.165, 1.54) is 23.9 Å². The van der Waals surface area contributed by atoms with Crippen LogP contribution >= 0.6 is 12.4 Å². The maximum Gasteiger partial charge on any atom is -0.147 e. The molecular formula is C9H12ClO2Zn. The second kappa shape index (κ2) is 6.23. The minimum Gasteiger partial charge on any atom is -0.147 e. The van der Waals surface area contributed by atoms with Crippen molar-refractivity contribution in [1.82, 2.24) is 0 Å². The van der Waals surface area contributed by atoms with Crippen molar-refractivity contribution in [2.45, 2.75) is 5.02 Å². The standard InChI is InChI=1S/C9H11O2.ClH.Zn/c1-7-6-8(10-2)4-5-9(7)11-3;;/h4-6H,1H2,2-3H3;1H;. The predicted molar refractivity (Wildman–Crippen MR) is 50.5 cm³/mol. The molecule has 1 aromatic carbocycles. The first-order chi connectivity index (χ1) is 5.81. The molecule has 0 bridgehead atoms. The summed E-state index contributed by atoms with van der Waals surface area (Å²) in [5.74, 6) is 1.86. The van der Waals surface area contributed by atoms with E-state index in [0.29, 0.717) is 0 Å². The molecule has 0 fully saturated rings. The van der Waals surface area contributed by atoms with Gasteiger partial charge in [-0.2, -0.15) is 0 Å². The van der Waals surface area contributed by atoms with E-state index in [-0.39, 0.29) is 12.4 Å². The van der Waals surface area contributed by atoms with E-state index in [9.17, 15) is 0 Å². The van der Waals surface area contributed by atoms with E-state index < -0.39 is 0 Å². The molecule has 0 spiro atoms. The Bertz CT molecular complexity index is 266. The Morgan fingerprint density at radius 3 is 2.38 bits per heavy atom. The maximum absolute atomic E-state index is 5.20. The molecule has 13 heavy (non-hydrogen) atoms. The first kappa shape index (κ1) is 12.7. The topological polar surface area (TPSA) is 18.5 Å². The molecule has 0 aliphatic heterocycles. The van der Waals surface area contributed by atoms with Crippen LogP contribution in [0, 0.1) is 0 Å². The van der Waals surface area contributed by atoms with E-state index in [1.54, 1.807) is 14.2 Å². The number of hydrogen-bond acceptors (Lipinski definition) is 2. The van der Waals surface area contributed by atoms with Crippen LogP contribution in [0.3, 0.4) is 0 Å². The zero-order valence-corrected chi connectivity index (χ0v) is 11.7. The molecule has 4 heteroatoms. The Balaban J connectivity index is 0.00000144. The van der Waals surface area contributed by atoms with Gasteiger partial charge in [-0.25, -0.2) is 0 Å². The van der Waals surface area contributed by atoms with Crippen LogP contribution in [0.2, 0.25) is 0 Å². The summed E-state index contributed by atoms with van der Waals surface area (Å²) in [6, 6.07) is 5.89. The van der Waals surface area contributed by atoms with Gasteiger partial charge in [-0.3, -0.25) is 0 Å². The van der Waals surface area contributed by atoms with Gasteiger partial charge in [0.1, 0.15) is 0 Å². The molecule has 2 nitrogen and oxygen atoms in total.